The third-order valence-electron chi connectivity index (χ3n) is 1.83. The summed E-state index contributed by atoms with van der Waals surface area (Å²) in [5.74, 6) is 0. The van der Waals surface area contributed by atoms with E-state index in [9.17, 15) is 23.3 Å². The number of alkyl halides is 3. The summed E-state index contributed by atoms with van der Waals surface area (Å²) >= 11 is 0. The summed E-state index contributed by atoms with van der Waals surface area (Å²) in [6, 6.07) is 3.95. The van der Waals surface area contributed by atoms with Crippen molar-refractivity contribution in [1.29, 1.82) is 0 Å². The molecule has 7 heteroatoms. The maximum atomic E-state index is 11.9. The van der Waals surface area contributed by atoms with Gasteiger partial charge in [-0.2, -0.15) is 13.2 Å². The summed E-state index contributed by atoms with van der Waals surface area (Å²) in [6.45, 7) is 0.347. The number of nitro benzene ring substituents is 1. The van der Waals surface area contributed by atoms with Crippen molar-refractivity contribution in [1.82, 2.24) is 0 Å². The molecule has 0 bridgehead atoms. The van der Waals surface area contributed by atoms with Gasteiger partial charge in [0.15, 0.2) is 0 Å². The van der Waals surface area contributed by atoms with E-state index in [1.807, 2.05) is 5.32 Å². The Morgan fingerprint density at radius 1 is 1.44 bits per heavy atom. The van der Waals surface area contributed by atoms with Crippen molar-refractivity contribution in [3.8, 4) is 0 Å². The lowest BCUT2D eigenvalue weighted by molar-refractivity contribution is -0.384. The number of nitrogens with one attached hydrogen (secondary N) is 1. The van der Waals surface area contributed by atoms with Gasteiger partial charge in [-0.3, -0.25) is 10.1 Å². The Kier molecular flexibility index (Phi) is 3.36. The second-order valence-corrected chi connectivity index (χ2v) is 3.25. The molecule has 1 N–H and O–H groups in total. The molecule has 16 heavy (non-hydrogen) atoms. The lowest BCUT2D eigenvalue weighted by atomic mass is 10.2. The van der Waals surface area contributed by atoms with Gasteiger partial charge in [-0.1, -0.05) is 6.07 Å². The molecule has 0 aliphatic carbocycles. The number of nitro groups is 1. The van der Waals surface area contributed by atoms with E-state index in [1.165, 1.54) is 18.2 Å². The lowest BCUT2D eigenvalue weighted by Gasteiger charge is -2.10. The summed E-state index contributed by atoms with van der Waals surface area (Å²) < 4.78 is 35.8. The summed E-state index contributed by atoms with van der Waals surface area (Å²) in [5.41, 5.74) is 0.160. The van der Waals surface area contributed by atoms with E-state index in [4.69, 9.17) is 0 Å². The Morgan fingerprint density at radius 2 is 2.06 bits per heavy atom. The topological polar surface area (TPSA) is 55.2 Å². The summed E-state index contributed by atoms with van der Waals surface area (Å²) in [4.78, 5) is 9.82. The van der Waals surface area contributed by atoms with E-state index < -0.39 is 17.6 Å². The van der Waals surface area contributed by atoms with Crippen LogP contribution in [0.25, 0.3) is 0 Å². The number of hydrogen-bond acceptors (Lipinski definition) is 3. The molecule has 0 amide bonds. The standard InChI is InChI=1S/C9H9F3N2O2/c1-6-2-3-8(14(15)16)7(4-6)13-5-9(10,11)12/h2-4,13H,5H2,1H3. The van der Waals surface area contributed by atoms with Crippen LogP contribution in [0.1, 0.15) is 5.56 Å². The first-order chi connectivity index (χ1) is 7.29. The summed E-state index contributed by atoms with van der Waals surface area (Å²) in [5, 5.41) is 12.6. The molecule has 0 atom stereocenters. The van der Waals surface area contributed by atoms with E-state index in [1.54, 1.807) is 6.92 Å². The molecular weight excluding hydrogens is 225 g/mol. The molecular formula is C9H9F3N2O2. The van der Waals surface area contributed by atoms with E-state index in [-0.39, 0.29) is 11.4 Å². The smallest absolute Gasteiger partial charge is 0.371 e. The fourth-order valence-corrected chi connectivity index (χ4v) is 1.15. The van der Waals surface area contributed by atoms with Gasteiger partial charge in [0.25, 0.3) is 5.69 Å². The molecule has 0 spiro atoms. The zero-order valence-corrected chi connectivity index (χ0v) is 8.34. The molecule has 1 aromatic carbocycles. The predicted molar refractivity (Wildman–Crippen MR) is 52.4 cm³/mol. The highest BCUT2D eigenvalue weighted by Crippen LogP contribution is 2.26. The van der Waals surface area contributed by atoms with Gasteiger partial charge in [0.1, 0.15) is 12.2 Å². The number of halogens is 3. The van der Waals surface area contributed by atoms with Crippen molar-refractivity contribution in [2.75, 3.05) is 11.9 Å². The normalized spacial score (nSPS) is 11.2. The Labute approximate surface area is 89.2 Å². The Hall–Kier alpha value is -1.79. The predicted octanol–water partition coefficient (Wildman–Crippen LogP) is 2.88. The van der Waals surface area contributed by atoms with Crippen molar-refractivity contribution < 1.29 is 18.1 Å². The molecule has 0 aliphatic heterocycles. The van der Waals surface area contributed by atoms with E-state index in [0.29, 0.717) is 5.56 Å². The van der Waals surface area contributed by atoms with Crippen LogP contribution in [-0.4, -0.2) is 17.6 Å². The van der Waals surface area contributed by atoms with Crippen molar-refractivity contribution in [2.45, 2.75) is 13.1 Å². The van der Waals surface area contributed by atoms with Crippen LogP contribution in [0.3, 0.4) is 0 Å². The molecule has 88 valence electrons. The monoisotopic (exact) mass is 234 g/mol. The average Bonchev–Trinajstić information content (AvgIpc) is 2.13. The second-order valence-electron chi connectivity index (χ2n) is 3.25. The molecule has 0 radical (unpaired) electrons. The maximum absolute atomic E-state index is 11.9. The lowest BCUT2D eigenvalue weighted by Crippen LogP contribution is -2.21. The zero-order chi connectivity index (χ0) is 12.3. The molecule has 0 saturated carbocycles. The Morgan fingerprint density at radius 3 is 2.56 bits per heavy atom. The van der Waals surface area contributed by atoms with Crippen LogP contribution in [0.15, 0.2) is 18.2 Å². The number of anilines is 1. The van der Waals surface area contributed by atoms with Gasteiger partial charge in [-0.25, -0.2) is 0 Å². The quantitative estimate of drug-likeness (QED) is 0.646. The molecule has 1 rings (SSSR count). The number of nitrogens with zero attached hydrogens (tertiary/aromatic N) is 1. The minimum Gasteiger partial charge on any atom is -0.371 e. The van der Waals surface area contributed by atoms with Gasteiger partial charge in [0.2, 0.25) is 0 Å². The molecule has 0 aliphatic rings. The zero-order valence-electron chi connectivity index (χ0n) is 8.34. The highest BCUT2D eigenvalue weighted by molar-refractivity contribution is 5.62. The number of hydrogen-bond donors (Lipinski definition) is 1. The van der Waals surface area contributed by atoms with Crippen LogP contribution in [0.4, 0.5) is 24.5 Å². The van der Waals surface area contributed by atoms with Gasteiger partial charge in [-0.15, -0.1) is 0 Å². The molecule has 0 heterocycles. The fraction of sp³-hybridized carbons (Fsp3) is 0.333. The van der Waals surface area contributed by atoms with Gasteiger partial charge >= 0.3 is 6.18 Å². The van der Waals surface area contributed by atoms with Gasteiger partial charge in [-0.05, 0) is 18.6 Å². The van der Waals surface area contributed by atoms with Gasteiger partial charge in [0.05, 0.1) is 4.92 Å². The highest BCUT2D eigenvalue weighted by Gasteiger charge is 2.28. The van der Waals surface area contributed by atoms with Crippen LogP contribution >= 0.6 is 0 Å². The van der Waals surface area contributed by atoms with Crippen LogP contribution in [-0.2, 0) is 0 Å². The fourth-order valence-electron chi connectivity index (χ4n) is 1.15. The average molecular weight is 234 g/mol. The van der Waals surface area contributed by atoms with Crippen LogP contribution in [0, 0.1) is 17.0 Å². The van der Waals surface area contributed by atoms with Crippen molar-refractivity contribution >= 4 is 11.4 Å². The minimum absolute atomic E-state index is 0.123. The number of benzene rings is 1. The maximum Gasteiger partial charge on any atom is 0.405 e. The van der Waals surface area contributed by atoms with Gasteiger partial charge in [0, 0.05) is 6.07 Å². The van der Waals surface area contributed by atoms with E-state index in [2.05, 4.69) is 0 Å². The first kappa shape index (κ1) is 12.3. The highest BCUT2D eigenvalue weighted by atomic mass is 19.4. The molecule has 0 fully saturated rings. The molecule has 0 aromatic heterocycles. The van der Waals surface area contributed by atoms with Crippen molar-refractivity contribution in [3.63, 3.8) is 0 Å². The summed E-state index contributed by atoms with van der Waals surface area (Å²) in [7, 11) is 0. The van der Waals surface area contributed by atoms with Crippen LogP contribution in [0.5, 0.6) is 0 Å². The number of rotatable bonds is 3. The Bertz CT molecular complexity index is 404. The second kappa shape index (κ2) is 4.38. The van der Waals surface area contributed by atoms with Gasteiger partial charge < -0.3 is 5.32 Å². The molecule has 0 saturated heterocycles. The van der Waals surface area contributed by atoms with E-state index in [0.717, 1.165) is 0 Å². The third-order valence-corrected chi connectivity index (χ3v) is 1.83. The largest absolute Gasteiger partial charge is 0.405 e. The summed E-state index contributed by atoms with van der Waals surface area (Å²) in [6.07, 6.45) is -4.41. The SMILES string of the molecule is Cc1ccc([N+](=O)[O-])c(NCC(F)(F)F)c1. The van der Waals surface area contributed by atoms with Crippen molar-refractivity contribution in [2.24, 2.45) is 0 Å². The molecule has 4 nitrogen and oxygen atoms in total. The van der Waals surface area contributed by atoms with E-state index >= 15 is 0 Å². The number of aryl methyl sites for hydroxylation is 1. The first-order valence-electron chi connectivity index (χ1n) is 4.35. The minimum atomic E-state index is -4.41. The third kappa shape index (κ3) is 3.41. The van der Waals surface area contributed by atoms with Crippen LogP contribution < -0.4 is 5.32 Å². The Balaban J connectivity index is 2.93. The van der Waals surface area contributed by atoms with Crippen molar-refractivity contribution in [3.05, 3.63) is 33.9 Å². The molecule has 1 aromatic rings. The van der Waals surface area contributed by atoms with Crippen LogP contribution in [0.2, 0.25) is 0 Å². The molecule has 0 unspecified atom stereocenters. The first-order valence-corrected chi connectivity index (χ1v) is 4.35.